The van der Waals surface area contributed by atoms with Crippen LogP contribution in [0.3, 0.4) is 0 Å². The molecular weight excluding hydrogens is 572 g/mol. The summed E-state index contributed by atoms with van der Waals surface area (Å²) in [4.78, 5) is 31.3. The summed E-state index contributed by atoms with van der Waals surface area (Å²) < 4.78 is 18.0. The van der Waals surface area contributed by atoms with E-state index in [1.54, 1.807) is 7.11 Å². The van der Waals surface area contributed by atoms with Gasteiger partial charge in [0.25, 0.3) is 0 Å². The lowest BCUT2D eigenvalue weighted by atomic mass is 9.70. The second kappa shape index (κ2) is 12.7. The van der Waals surface area contributed by atoms with Gasteiger partial charge in [-0.3, -0.25) is 4.79 Å². The first kappa shape index (κ1) is 33.7. The number of carbonyl (C=O) groups is 2. The highest BCUT2D eigenvalue weighted by Crippen LogP contribution is 2.48. The zero-order chi connectivity index (χ0) is 32.5. The smallest absolute Gasteiger partial charge is 0.414 e. The molecule has 1 atom stereocenters. The Hall–Kier alpha value is -3.17. The number of methoxy groups -OCH3 is 1. The van der Waals surface area contributed by atoms with E-state index in [2.05, 4.69) is 39.9 Å². The lowest BCUT2D eigenvalue weighted by Crippen LogP contribution is -2.55. The maximum Gasteiger partial charge on any atom is 0.414 e. The van der Waals surface area contributed by atoms with Crippen LogP contribution in [-0.4, -0.2) is 61.2 Å². The Balaban J connectivity index is 1.66. The molecule has 240 valence electrons. The van der Waals surface area contributed by atoms with Crippen molar-refractivity contribution in [3.05, 3.63) is 59.3 Å². The van der Waals surface area contributed by atoms with E-state index in [4.69, 9.17) is 18.9 Å². The monoisotopic (exact) mass is 622 g/mol. The molecule has 0 bridgehead atoms. The van der Waals surface area contributed by atoms with E-state index in [0.29, 0.717) is 37.1 Å². The van der Waals surface area contributed by atoms with Crippen LogP contribution in [0.1, 0.15) is 96.4 Å². The second-order valence-electron chi connectivity index (χ2n) is 14.6. The number of carbonyl (C=O) groups excluding carboxylic acids is 1. The average molecular weight is 623 g/mol. The normalized spacial score (nSPS) is 19.8. The summed E-state index contributed by atoms with van der Waals surface area (Å²) in [5.74, 6) is 1.39. The lowest BCUT2D eigenvalue weighted by molar-refractivity contribution is -0.129. The third kappa shape index (κ3) is 7.04. The summed E-state index contributed by atoms with van der Waals surface area (Å²) in [5.41, 5.74) is 1.71. The number of hydrogen-bond donors (Lipinski definition) is 1. The topological polar surface area (TPSA) is 98.2 Å². The molecule has 0 unspecified atom stereocenters. The SMILES string of the molecule is COc1nc(C(=C[C@@]2(C(C)(C)C)CCC(=O)N2C(=O)O)c2ccc(OCCCO[Si](C)(C)C(C)(C)C)cc2)ccc1C1CC1. The number of hydrogen-bond acceptors (Lipinski definition) is 6. The number of ether oxygens (including phenoxy) is 2. The zero-order valence-electron chi connectivity index (χ0n) is 28.0. The Morgan fingerprint density at radius 3 is 2.27 bits per heavy atom. The molecule has 0 spiro atoms. The van der Waals surface area contributed by atoms with E-state index in [9.17, 15) is 14.7 Å². The second-order valence-corrected chi connectivity index (χ2v) is 19.5. The summed E-state index contributed by atoms with van der Waals surface area (Å²) in [5, 5.41) is 10.4. The van der Waals surface area contributed by atoms with Crippen molar-refractivity contribution in [2.75, 3.05) is 20.3 Å². The van der Waals surface area contributed by atoms with Crippen molar-refractivity contribution in [2.45, 2.75) is 103 Å². The van der Waals surface area contributed by atoms with E-state index < -0.39 is 25.4 Å². The number of amides is 2. The minimum Gasteiger partial charge on any atom is -0.494 e. The van der Waals surface area contributed by atoms with Crippen LogP contribution in [-0.2, 0) is 9.22 Å². The molecule has 2 aliphatic rings. The van der Waals surface area contributed by atoms with Crippen LogP contribution in [0.25, 0.3) is 5.57 Å². The quantitative estimate of drug-likeness (QED) is 0.199. The van der Waals surface area contributed by atoms with E-state index in [1.807, 2.05) is 57.2 Å². The summed E-state index contributed by atoms with van der Waals surface area (Å²) >= 11 is 0. The Kier molecular flexibility index (Phi) is 9.71. The Morgan fingerprint density at radius 1 is 1.07 bits per heavy atom. The number of carboxylic acid groups (broad SMARTS) is 1. The predicted molar refractivity (Wildman–Crippen MR) is 176 cm³/mol. The van der Waals surface area contributed by atoms with Gasteiger partial charge in [0.15, 0.2) is 8.32 Å². The van der Waals surface area contributed by atoms with Gasteiger partial charge >= 0.3 is 6.09 Å². The minimum atomic E-state index is -1.79. The molecule has 44 heavy (non-hydrogen) atoms. The molecule has 4 rings (SSSR count). The number of rotatable bonds is 11. The highest BCUT2D eigenvalue weighted by Gasteiger charge is 2.54. The van der Waals surface area contributed by atoms with Crippen molar-refractivity contribution in [1.82, 2.24) is 9.88 Å². The molecule has 0 radical (unpaired) electrons. The van der Waals surface area contributed by atoms with Gasteiger partial charge in [0.2, 0.25) is 11.8 Å². The first-order chi connectivity index (χ1) is 20.5. The number of aromatic nitrogens is 1. The van der Waals surface area contributed by atoms with Crippen LogP contribution < -0.4 is 9.47 Å². The average Bonchev–Trinajstić information content (AvgIpc) is 3.72. The number of likely N-dealkylation sites (tertiary alicyclic amines) is 1. The molecule has 2 fully saturated rings. The van der Waals surface area contributed by atoms with E-state index in [0.717, 1.165) is 46.6 Å². The van der Waals surface area contributed by atoms with Gasteiger partial charge in [-0.1, -0.05) is 59.7 Å². The fraction of sp³-hybridized carbons (Fsp3) is 0.571. The summed E-state index contributed by atoms with van der Waals surface area (Å²) in [6.45, 7) is 18.4. The molecule has 1 aromatic heterocycles. The largest absolute Gasteiger partial charge is 0.494 e. The number of nitrogens with zero attached hydrogens (tertiary/aromatic N) is 2. The maximum absolute atomic E-state index is 12.9. The van der Waals surface area contributed by atoms with Gasteiger partial charge in [-0.05, 0) is 78.6 Å². The number of benzene rings is 1. The van der Waals surface area contributed by atoms with E-state index in [1.165, 1.54) is 0 Å². The van der Waals surface area contributed by atoms with Crippen molar-refractivity contribution in [1.29, 1.82) is 0 Å². The molecule has 1 aromatic carbocycles. The molecule has 2 heterocycles. The van der Waals surface area contributed by atoms with Crippen LogP contribution >= 0.6 is 0 Å². The van der Waals surface area contributed by atoms with Crippen LogP contribution in [0.5, 0.6) is 11.6 Å². The first-order valence-corrected chi connectivity index (χ1v) is 18.6. The van der Waals surface area contributed by atoms with E-state index >= 15 is 0 Å². The molecule has 2 amide bonds. The van der Waals surface area contributed by atoms with Gasteiger partial charge in [0.05, 0.1) is 24.9 Å². The maximum atomic E-state index is 12.9. The standard InChI is InChI=1S/C35H50N2O6Si/c1-33(2,3)35(20-19-30(38)37(35)32(39)40)23-28(29-18-17-27(24-11-12-24)31(36-29)41-7)25-13-15-26(16-14-25)42-21-10-22-43-44(8,9)34(4,5)6/h13-18,23-24H,10-12,19-22H2,1-9H3,(H,39,40)/t35-/m1/s1. The van der Waals surface area contributed by atoms with E-state index in [-0.39, 0.29) is 17.4 Å². The number of pyridine rings is 1. The van der Waals surface area contributed by atoms with Crippen molar-refractivity contribution >= 4 is 25.9 Å². The first-order valence-electron chi connectivity index (χ1n) is 15.7. The van der Waals surface area contributed by atoms with Crippen LogP contribution in [0.15, 0.2) is 42.5 Å². The van der Waals surface area contributed by atoms with Crippen LogP contribution in [0.4, 0.5) is 4.79 Å². The fourth-order valence-corrected chi connectivity index (χ4v) is 6.71. The van der Waals surface area contributed by atoms with Crippen molar-refractivity contribution in [3.63, 3.8) is 0 Å². The molecule has 8 nitrogen and oxygen atoms in total. The third-order valence-electron chi connectivity index (χ3n) is 9.61. The third-order valence-corrected chi connectivity index (χ3v) is 14.1. The van der Waals surface area contributed by atoms with Crippen LogP contribution in [0, 0.1) is 5.41 Å². The van der Waals surface area contributed by atoms with Gasteiger partial charge in [0.1, 0.15) is 5.75 Å². The highest BCUT2D eigenvalue weighted by atomic mass is 28.4. The Bertz CT molecular complexity index is 1390. The summed E-state index contributed by atoms with van der Waals surface area (Å²) in [6.07, 6.45) is 4.29. The molecule has 2 aromatic rings. The predicted octanol–water partition coefficient (Wildman–Crippen LogP) is 8.28. The van der Waals surface area contributed by atoms with Gasteiger partial charge in [-0.2, -0.15) is 0 Å². The summed E-state index contributed by atoms with van der Waals surface area (Å²) in [6, 6.07) is 11.8. The molecule has 1 saturated carbocycles. The van der Waals surface area contributed by atoms with Gasteiger partial charge in [0, 0.05) is 30.6 Å². The molecule has 1 aliphatic carbocycles. The minimum absolute atomic E-state index is 0.163. The van der Waals surface area contributed by atoms with Crippen LogP contribution in [0.2, 0.25) is 18.1 Å². The van der Waals surface area contributed by atoms with Gasteiger partial charge in [-0.25, -0.2) is 14.7 Å². The summed E-state index contributed by atoms with van der Waals surface area (Å²) in [7, 11) is -0.161. The fourth-order valence-electron chi connectivity index (χ4n) is 5.62. The van der Waals surface area contributed by atoms with Crippen molar-refractivity contribution < 1.29 is 28.6 Å². The van der Waals surface area contributed by atoms with Crippen molar-refractivity contribution in [3.8, 4) is 11.6 Å². The zero-order valence-corrected chi connectivity index (χ0v) is 29.0. The number of imide groups is 1. The molecule has 1 N–H and O–H groups in total. The molecule has 1 saturated heterocycles. The van der Waals surface area contributed by atoms with Gasteiger partial charge < -0.3 is 19.0 Å². The Morgan fingerprint density at radius 2 is 1.73 bits per heavy atom. The lowest BCUT2D eigenvalue weighted by Gasteiger charge is -2.44. The Labute approximate surface area is 263 Å². The molecule has 9 heteroatoms. The highest BCUT2D eigenvalue weighted by molar-refractivity contribution is 6.74. The van der Waals surface area contributed by atoms with Crippen molar-refractivity contribution in [2.24, 2.45) is 5.41 Å². The molecule has 1 aliphatic heterocycles. The molecular formula is C35H50N2O6Si. The van der Waals surface area contributed by atoms with Gasteiger partial charge in [-0.15, -0.1) is 0 Å².